The van der Waals surface area contributed by atoms with E-state index >= 15 is 0 Å². The molecular weight excluding hydrogens is 236 g/mol. The van der Waals surface area contributed by atoms with Crippen LogP contribution in [0.1, 0.15) is 21.5 Å². The van der Waals surface area contributed by atoms with E-state index in [9.17, 15) is 9.90 Å². The zero-order chi connectivity index (χ0) is 12.0. The summed E-state index contributed by atoms with van der Waals surface area (Å²) < 4.78 is 0. The second-order valence-corrected chi connectivity index (χ2v) is 4.49. The fourth-order valence-corrected chi connectivity index (χ4v) is 2.67. The minimum atomic E-state index is -0.959. The molecule has 2 aromatic rings. The van der Waals surface area contributed by atoms with Gasteiger partial charge in [0.1, 0.15) is 0 Å². The van der Waals surface area contributed by atoms with Crippen LogP contribution in [-0.4, -0.2) is 11.1 Å². The van der Waals surface area contributed by atoms with Gasteiger partial charge in [0.05, 0.1) is 10.6 Å². The van der Waals surface area contributed by atoms with Crippen molar-refractivity contribution in [2.75, 3.05) is 0 Å². The Labute approximate surface area is 103 Å². The number of hydrogen-bond acceptors (Lipinski definition) is 1. The van der Waals surface area contributed by atoms with E-state index in [-0.39, 0.29) is 5.56 Å². The first-order valence-corrected chi connectivity index (χ1v) is 5.69. The molecular formula is C14H9ClO2. The number of fused-ring (bicyclic) bond motifs is 3. The molecule has 1 N–H and O–H groups in total. The summed E-state index contributed by atoms with van der Waals surface area (Å²) >= 11 is 5.96. The molecule has 84 valence electrons. The van der Waals surface area contributed by atoms with E-state index in [2.05, 4.69) is 0 Å². The summed E-state index contributed by atoms with van der Waals surface area (Å²) in [5.41, 5.74) is 4.32. The third-order valence-corrected chi connectivity index (χ3v) is 3.47. The zero-order valence-corrected chi connectivity index (χ0v) is 9.66. The SMILES string of the molecule is O=C(O)c1c(Cl)ccc2c1Cc1ccccc1-2. The lowest BCUT2D eigenvalue weighted by Crippen LogP contribution is -2.02. The smallest absolute Gasteiger partial charge is 0.337 e. The first-order valence-electron chi connectivity index (χ1n) is 5.31. The van der Waals surface area contributed by atoms with E-state index in [0.29, 0.717) is 11.4 Å². The van der Waals surface area contributed by atoms with Gasteiger partial charge in [-0.1, -0.05) is 41.9 Å². The average Bonchev–Trinajstić information content (AvgIpc) is 2.66. The standard InChI is InChI=1S/C14H9ClO2/c15-12-6-5-10-9-4-2-1-3-8(9)7-11(10)13(12)14(16)17/h1-6H,7H2,(H,16,17). The molecule has 0 amide bonds. The number of halogens is 1. The van der Waals surface area contributed by atoms with Gasteiger partial charge in [0.15, 0.2) is 0 Å². The molecule has 17 heavy (non-hydrogen) atoms. The van der Waals surface area contributed by atoms with Gasteiger partial charge in [-0.3, -0.25) is 0 Å². The van der Waals surface area contributed by atoms with E-state index in [1.807, 2.05) is 30.3 Å². The number of carboxylic acid groups (broad SMARTS) is 1. The van der Waals surface area contributed by atoms with Crippen LogP contribution in [0.5, 0.6) is 0 Å². The minimum Gasteiger partial charge on any atom is -0.478 e. The van der Waals surface area contributed by atoms with Crippen LogP contribution in [0.15, 0.2) is 36.4 Å². The Balaban J connectivity index is 2.31. The lowest BCUT2D eigenvalue weighted by Gasteiger charge is -2.06. The molecule has 0 heterocycles. The molecule has 0 atom stereocenters. The highest BCUT2D eigenvalue weighted by Crippen LogP contribution is 2.40. The van der Waals surface area contributed by atoms with Crippen LogP contribution in [0.4, 0.5) is 0 Å². The van der Waals surface area contributed by atoms with Gasteiger partial charge < -0.3 is 5.11 Å². The predicted octanol–water partition coefficient (Wildman–Crippen LogP) is 3.61. The quantitative estimate of drug-likeness (QED) is 0.710. The van der Waals surface area contributed by atoms with Gasteiger partial charge in [-0.15, -0.1) is 0 Å². The van der Waals surface area contributed by atoms with E-state index < -0.39 is 5.97 Å². The summed E-state index contributed by atoms with van der Waals surface area (Å²) in [7, 11) is 0. The molecule has 2 nitrogen and oxygen atoms in total. The van der Waals surface area contributed by atoms with Crippen molar-refractivity contribution in [3.8, 4) is 11.1 Å². The van der Waals surface area contributed by atoms with Crippen LogP contribution in [0, 0.1) is 0 Å². The Morgan fingerprint density at radius 1 is 1.12 bits per heavy atom. The van der Waals surface area contributed by atoms with Crippen molar-refractivity contribution in [1.29, 1.82) is 0 Å². The average molecular weight is 245 g/mol. The maximum Gasteiger partial charge on any atom is 0.337 e. The molecule has 0 unspecified atom stereocenters. The van der Waals surface area contributed by atoms with E-state index in [4.69, 9.17) is 11.6 Å². The summed E-state index contributed by atoms with van der Waals surface area (Å²) in [4.78, 5) is 11.2. The van der Waals surface area contributed by atoms with Crippen molar-refractivity contribution in [2.45, 2.75) is 6.42 Å². The Hall–Kier alpha value is -1.80. The highest BCUT2D eigenvalue weighted by Gasteiger charge is 2.25. The molecule has 0 spiro atoms. The van der Waals surface area contributed by atoms with Gasteiger partial charge in [0, 0.05) is 0 Å². The number of aromatic carboxylic acids is 1. The normalized spacial score (nSPS) is 12.1. The molecule has 0 saturated carbocycles. The van der Waals surface area contributed by atoms with E-state index in [0.717, 1.165) is 22.3 Å². The molecule has 0 fully saturated rings. The van der Waals surface area contributed by atoms with Crippen molar-refractivity contribution < 1.29 is 9.90 Å². The summed E-state index contributed by atoms with van der Waals surface area (Å²) in [6, 6.07) is 11.5. The highest BCUT2D eigenvalue weighted by molar-refractivity contribution is 6.34. The van der Waals surface area contributed by atoms with Crippen LogP contribution in [0.25, 0.3) is 11.1 Å². The third kappa shape index (κ3) is 1.45. The van der Waals surface area contributed by atoms with Gasteiger partial charge in [0.2, 0.25) is 0 Å². The second-order valence-electron chi connectivity index (χ2n) is 4.09. The van der Waals surface area contributed by atoms with Crippen LogP contribution >= 0.6 is 11.6 Å². The molecule has 2 aromatic carbocycles. The summed E-state index contributed by atoms with van der Waals surface area (Å²) in [5, 5.41) is 9.53. The highest BCUT2D eigenvalue weighted by atomic mass is 35.5. The van der Waals surface area contributed by atoms with Gasteiger partial charge >= 0.3 is 5.97 Å². The van der Waals surface area contributed by atoms with Gasteiger partial charge in [0.25, 0.3) is 0 Å². The lowest BCUT2D eigenvalue weighted by molar-refractivity contribution is 0.0696. The van der Waals surface area contributed by atoms with Crippen LogP contribution in [-0.2, 0) is 6.42 Å². The fraction of sp³-hybridized carbons (Fsp3) is 0.0714. The Morgan fingerprint density at radius 2 is 1.88 bits per heavy atom. The monoisotopic (exact) mass is 244 g/mol. The van der Waals surface area contributed by atoms with E-state index in [1.54, 1.807) is 6.07 Å². The number of rotatable bonds is 1. The molecule has 0 radical (unpaired) electrons. The lowest BCUT2D eigenvalue weighted by atomic mass is 10.0. The molecule has 0 aromatic heterocycles. The summed E-state index contributed by atoms with van der Waals surface area (Å²) in [6.45, 7) is 0. The maximum atomic E-state index is 11.2. The van der Waals surface area contributed by atoms with Crippen LogP contribution in [0.3, 0.4) is 0 Å². The van der Waals surface area contributed by atoms with E-state index in [1.165, 1.54) is 0 Å². The van der Waals surface area contributed by atoms with Crippen LogP contribution in [0.2, 0.25) is 5.02 Å². The topological polar surface area (TPSA) is 37.3 Å². The molecule has 0 bridgehead atoms. The Morgan fingerprint density at radius 3 is 2.65 bits per heavy atom. The molecule has 1 aliphatic carbocycles. The largest absolute Gasteiger partial charge is 0.478 e. The first-order chi connectivity index (χ1) is 8.18. The second kappa shape index (κ2) is 3.60. The van der Waals surface area contributed by atoms with Crippen molar-refractivity contribution in [3.63, 3.8) is 0 Å². The third-order valence-electron chi connectivity index (χ3n) is 3.15. The maximum absolute atomic E-state index is 11.2. The number of hydrogen-bond donors (Lipinski definition) is 1. The number of carbonyl (C=O) groups is 1. The Kier molecular flexibility index (Phi) is 2.20. The predicted molar refractivity (Wildman–Crippen MR) is 66.7 cm³/mol. The van der Waals surface area contributed by atoms with Crippen molar-refractivity contribution in [3.05, 3.63) is 58.1 Å². The Bertz CT molecular complexity index is 632. The van der Waals surface area contributed by atoms with Gasteiger partial charge in [-0.05, 0) is 34.7 Å². The summed E-state index contributed by atoms with van der Waals surface area (Å²) in [5.74, 6) is -0.959. The fourth-order valence-electron chi connectivity index (χ4n) is 2.41. The first kappa shape index (κ1) is 10.4. The number of benzene rings is 2. The number of carboxylic acids is 1. The zero-order valence-electron chi connectivity index (χ0n) is 8.90. The minimum absolute atomic E-state index is 0.236. The molecule has 0 saturated heterocycles. The van der Waals surface area contributed by atoms with Crippen molar-refractivity contribution in [1.82, 2.24) is 0 Å². The van der Waals surface area contributed by atoms with Crippen molar-refractivity contribution in [2.24, 2.45) is 0 Å². The van der Waals surface area contributed by atoms with Crippen molar-refractivity contribution >= 4 is 17.6 Å². The molecule has 0 aliphatic heterocycles. The molecule has 3 heteroatoms. The molecule has 3 rings (SSSR count). The molecule has 1 aliphatic rings. The summed E-state index contributed by atoms with van der Waals surface area (Å²) in [6.07, 6.45) is 0.647. The van der Waals surface area contributed by atoms with Gasteiger partial charge in [-0.25, -0.2) is 4.79 Å². The van der Waals surface area contributed by atoms with Crippen LogP contribution < -0.4 is 0 Å². The van der Waals surface area contributed by atoms with Gasteiger partial charge in [-0.2, -0.15) is 0 Å².